The van der Waals surface area contributed by atoms with Gasteiger partial charge in [-0.15, -0.1) is 0 Å². The minimum atomic E-state index is -1.35. The quantitative estimate of drug-likeness (QED) is 0.0981. The topological polar surface area (TPSA) is 166 Å². The van der Waals surface area contributed by atoms with Crippen LogP contribution in [0.4, 0.5) is 10.1 Å². The molecular formula is C48H55Cl2FN6O6. The van der Waals surface area contributed by atoms with Crippen molar-refractivity contribution < 1.29 is 33.2 Å². The molecule has 63 heavy (non-hydrogen) atoms. The molecule has 4 aliphatic heterocycles. The summed E-state index contributed by atoms with van der Waals surface area (Å²) in [6.45, 7) is 7.09. The summed E-state index contributed by atoms with van der Waals surface area (Å²) < 4.78 is 16.2. The number of hydrogen-bond acceptors (Lipinski definition) is 7. The first-order chi connectivity index (χ1) is 30.1. The van der Waals surface area contributed by atoms with Crippen LogP contribution in [-0.2, 0) is 42.4 Å². The van der Waals surface area contributed by atoms with Crippen molar-refractivity contribution in [3.05, 3.63) is 98.3 Å². The van der Waals surface area contributed by atoms with Gasteiger partial charge in [0.1, 0.15) is 17.3 Å². The van der Waals surface area contributed by atoms with Crippen molar-refractivity contribution in [3.8, 4) is 0 Å². The molecule has 1 aliphatic carbocycles. The first-order valence-corrected chi connectivity index (χ1v) is 23.0. The standard InChI is InChI=1S/C48H55Cl2FN6O6/c1-47(2,3)24-37-48(33-19-16-28(49)23-35(33)54-46(48)63)39(31-12-8-13-34(50)40(31)51)41(55-37)44(61)53-29-17-14-27(15-18-29)42(59)52-22-6-4-5-9-26-10-7-11-30-32(26)25-57(45(30)62)36-20-21-38(58)56-43(36)60/h7-8,10-13,16,19,23,27,29,36-37,39,41,55H,4-6,9,14-15,17-18,20-22,24-25H2,1-3H3,(H,52,59)(H,53,61)(H,54,63)(H,56,58,60)/t27?,29?,36?,37-,39-,41+,48+/m0/s1. The highest BCUT2D eigenvalue weighted by Gasteiger charge is 2.66. The Bertz CT molecular complexity index is 2350. The molecular weight excluding hydrogens is 846 g/mol. The van der Waals surface area contributed by atoms with Gasteiger partial charge in [-0.3, -0.25) is 34.1 Å². The van der Waals surface area contributed by atoms with Gasteiger partial charge in [-0.2, -0.15) is 0 Å². The molecule has 5 atom stereocenters. The third-order valence-corrected chi connectivity index (χ3v) is 14.3. The zero-order valence-corrected chi connectivity index (χ0v) is 37.4. The van der Waals surface area contributed by atoms with Crippen molar-refractivity contribution in [1.82, 2.24) is 26.2 Å². The summed E-state index contributed by atoms with van der Waals surface area (Å²) in [5.41, 5.74) is 2.38. The Labute approximate surface area is 377 Å². The number of piperidine rings is 1. The van der Waals surface area contributed by atoms with E-state index in [4.69, 9.17) is 23.2 Å². The molecule has 5 N–H and O–H groups in total. The lowest BCUT2D eigenvalue weighted by molar-refractivity contribution is -0.137. The minimum Gasteiger partial charge on any atom is -0.356 e. The predicted molar refractivity (Wildman–Crippen MR) is 238 cm³/mol. The van der Waals surface area contributed by atoms with E-state index in [0.29, 0.717) is 73.5 Å². The molecule has 334 valence electrons. The van der Waals surface area contributed by atoms with E-state index in [9.17, 15) is 28.8 Å². The fraction of sp³-hybridized carbons (Fsp3) is 0.500. The molecule has 12 nitrogen and oxygen atoms in total. The monoisotopic (exact) mass is 900 g/mol. The zero-order chi connectivity index (χ0) is 44.8. The number of carbonyl (C=O) groups excluding carboxylic acids is 6. The van der Waals surface area contributed by atoms with E-state index in [1.54, 1.807) is 41.3 Å². The Morgan fingerprint density at radius 1 is 0.905 bits per heavy atom. The largest absolute Gasteiger partial charge is 0.356 e. The van der Waals surface area contributed by atoms with E-state index in [0.717, 1.165) is 36.8 Å². The van der Waals surface area contributed by atoms with Gasteiger partial charge in [-0.25, -0.2) is 4.39 Å². The lowest BCUT2D eigenvalue weighted by atomic mass is 9.62. The fourth-order valence-electron chi connectivity index (χ4n) is 10.8. The SMILES string of the molecule is CC(C)(C)C[C@@H]1N[C@@H](C(=O)NC2CCC(C(=O)NCCCCCc3cccc4c3CN(C3CCC(=O)NC3=O)C4=O)CC2)[C@H](c2cccc(Cl)c2F)[C@]12C(=O)Nc1cc(Cl)ccc12. The molecule has 4 heterocycles. The Balaban J connectivity index is 0.852. The number of imide groups is 1. The summed E-state index contributed by atoms with van der Waals surface area (Å²) in [6.07, 6.45) is 6.74. The van der Waals surface area contributed by atoms with Crippen LogP contribution in [0.25, 0.3) is 0 Å². The number of halogens is 3. The molecule has 15 heteroatoms. The number of unbranched alkanes of at least 4 members (excludes halogenated alkanes) is 2. The number of hydrogen-bond donors (Lipinski definition) is 5. The molecule has 3 fully saturated rings. The number of amides is 6. The van der Waals surface area contributed by atoms with Crippen LogP contribution in [0.1, 0.15) is 124 Å². The number of fused-ring (bicyclic) bond motifs is 3. The van der Waals surface area contributed by atoms with E-state index in [2.05, 4.69) is 47.4 Å². The van der Waals surface area contributed by atoms with Crippen LogP contribution in [0, 0.1) is 17.2 Å². The van der Waals surface area contributed by atoms with Crippen LogP contribution in [0.2, 0.25) is 10.0 Å². The molecule has 3 aromatic carbocycles. The number of nitrogens with zero attached hydrogens (tertiary/aromatic N) is 1. The third-order valence-electron chi connectivity index (χ3n) is 13.8. The van der Waals surface area contributed by atoms with Crippen molar-refractivity contribution in [1.29, 1.82) is 0 Å². The average Bonchev–Trinajstić information content (AvgIpc) is 3.85. The van der Waals surface area contributed by atoms with Gasteiger partial charge >= 0.3 is 0 Å². The number of carbonyl (C=O) groups is 6. The van der Waals surface area contributed by atoms with Crippen LogP contribution >= 0.6 is 23.2 Å². The van der Waals surface area contributed by atoms with Gasteiger partial charge in [-0.1, -0.05) is 80.7 Å². The van der Waals surface area contributed by atoms with Gasteiger partial charge in [0.15, 0.2) is 0 Å². The summed E-state index contributed by atoms with van der Waals surface area (Å²) in [6, 6.07) is 13.2. The Hall–Kier alpha value is -4.85. The van der Waals surface area contributed by atoms with Gasteiger partial charge in [0.05, 0.1) is 11.1 Å². The fourth-order valence-corrected chi connectivity index (χ4v) is 11.2. The molecule has 6 amide bonds. The lowest BCUT2D eigenvalue weighted by Gasteiger charge is -2.38. The maximum atomic E-state index is 16.2. The van der Waals surface area contributed by atoms with Gasteiger partial charge in [-0.05, 0) is 110 Å². The van der Waals surface area contributed by atoms with Crippen molar-refractivity contribution in [2.45, 2.75) is 133 Å². The number of rotatable bonds is 12. The van der Waals surface area contributed by atoms with E-state index >= 15 is 4.39 Å². The number of aryl methyl sites for hydroxylation is 1. The predicted octanol–water partition coefficient (Wildman–Crippen LogP) is 6.85. The first-order valence-electron chi connectivity index (χ1n) is 22.2. The highest BCUT2D eigenvalue weighted by atomic mass is 35.5. The van der Waals surface area contributed by atoms with Gasteiger partial charge in [0.25, 0.3) is 5.91 Å². The summed E-state index contributed by atoms with van der Waals surface area (Å²) in [5, 5.41) is 15.6. The van der Waals surface area contributed by atoms with Crippen molar-refractivity contribution in [2.75, 3.05) is 11.9 Å². The highest BCUT2D eigenvalue weighted by molar-refractivity contribution is 6.31. The molecule has 0 aromatic heterocycles. The zero-order valence-electron chi connectivity index (χ0n) is 35.9. The van der Waals surface area contributed by atoms with E-state index in [1.807, 2.05) is 12.1 Å². The van der Waals surface area contributed by atoms with Crippen LogP contribution < -0.4 is 26.6 Å². The number of nitrogens with one attached hydrogen (secondary N) is 5. The molecule has 0 radical (unpaired) electrons. The molecule has 5 aliphatic rings. The Morgan fingerprint density at radius 2 is 1.67 bits per heavy atom. The number of benzene rings is 3. The van der Waals surface area contributed by atoms with Crippen LogP contribution in [0.3, 0.4) is 0 Å². The molecule has 1 spiro atoms. The maximum Gasteiger partial charge on any atom is 0.255 e. The third kappa shape index (κ3) is 8.72. The first kappa shape index (κ1) is 44.7. The summed E-state index contributed by atoms with van der Waals surface area (Å²) in [5.74, 6) is -3.37. The summed E-state index contributed by atoms with van der Waals surface area (Å²) in [7, 11) is 0. The minimum absolute atomic E-state index is 0.000331. The summed E-state index contributed by atoms with van der Waals surface area (Å²) in [4.78, 5) is 81.2. The Morgan fingerprint density at radius 3 is 2.41 bits per heavy atom. The van der Waals surface area contributed by atoms with Gasteiger partial charge in [0, 0.05) is 59.7 Å². The van der Waals surface area contributed by atoms with E-state index in [-0.39, 0.29) is 63.9 Å². The van der Waals surface area contributed by atoms with Crippen LogP contribution in [0.15, 0.2) is 54.6 Å². The van der Waals surface area contributed by atoms with Gasteiger partial charge in [0.2, 0.25) is 29.5 Å². The highest BCUT2D eigenvalue weighted by Crippen LogP contribution is 2.57. The van der Waals surface area contributed by atoms with Crippen LogP contribution in [0.5, 0.6) is 0 Å². The molecule has 2 saturated heterocycles. The van der Waals surface area contributed by atoms with Gasteiger partial charge < -0.3 is 26.2 Å². The molecule has 3 aromatic rings. The van der Waals surface area contributed by atoms with E-state index in [1.165, 1.54) is 6.07 Å². The smallest absolute Gasteiger partial charge is 0.255 e. The van der Waals surface area contributed by atoms with Crippen molar-refractivity contribution in [3.63, 3.8) is 0 Å². The normalized spacial score (nSPS) is 26.7. The maximum absolute atomic E-state index is 16.2. The van der Waals surface area contributed by atoms with Crippen molar-refractivity contribution in [2.24, 2.45) is 11.3 Å². The Kier molecular flexibility index (Phi) is 12.8. The molecule has 8 rings (SSSR count). The number of anilines is 1. The molecule has 1 unspecified atom stereocenters. The second-order valence-corrected chi connectivity index (χ2v) is 19.9. The summed E-state index contributed by atoms with van der Waals surface area (Å²) >= 11 is 12.7. The molecule has 0 bridgehead atoms. The molecule has 1 saturated carbocycles. The van der Waals surface area contributed by atoms with E-state index < -0.39 is 41.2 Å². The second kappa shape index (κ2) is 18.0. The second-order valence-electron chi connectivity index (χ2n) is 19.1. The van der Waals surface area contributed by atoms with Crippen LogP contribution in [-0.4, -0.2) is 71.1 Å². The average molecular weight is 902 g/mol. The van der Waals surface area contributed by atoms with Crippen molar-refractivity contribution >= 4 is 64.3 Å². The lowest BCUT2D eigenvalue weighted by Crippen LogP contribution is -2.52.